The third-order valence-corrected chi connectivity index (χ3v) is 24.4. The molecule has 5 aliphatic rings. The SMILES string of the molecule is CC(C)(C)OO[C@@]1(C(=O)NN)c2c3c(=O)c4c5c6c7c8c9c%10c%11c(c%12c(=O)c%13c1c1c2c2c%14c3c4c3c6c4c6c7c%10c7c%10c%11c%11c%12c%13c%12c1c1c2c2c%14c3c4c3c(c67)c4c%10c%11c%12c1c4c23)[C@@]9(OOC(C)(C)C)C1=C(C(=Nc2ccccc2)OC1=O)[C@]85O. The number of rotatable bonds is 6. The predicted molar refractivity (Wildman–Crippen MR) is 338 cm³/mol. The summed E-state index contributed by atoms with van der Waals surface area (Å²) < 4.78 is 6.73. The molecule has 3 atom stereocenters. The Morgan fingerprint density at radius 2 is 0.747 bits per heavy atom. The van der Waals surface area contributed by atoms with Gasteiger partial charge in [-0.1, -0.05) is 18.2 Å². The number of nitrogens with zero attached hydrogens (tertiary/aromatic N) is 1. The van der Waals surface area contributed by atoms with Crippen LogP contribution in [-0.4, -0.2) is 34.1 Å². The molecule has 29 rings (SSSR count). The van der Waals surface area contributed by atoms with Crippen molar-refractivity contribution in [2.75, 3.05) is 0 Å². The van der Waals surface area contributed by atoms with Gasteiger partial charge >= 0.3 is 5.97 Å². The number of aliphatic hydroxyl groups is 1. The number of para-hydroxylation sites is 1. The minimum absolute atomic E-state index is 0.0258. The number of hydrogen-bond donors (Lipinski definition) is 3. The van der Waals surface area contributed by atoms with E-state index >= 15 is 24.3 Å². The fraction of sp³-hybridized carbons (Fsp3) is 0.149. The van der Waals surface area contributed by atoms with Gasteiger partial charge in [0.05, 0.1) is 28.0 Å². The molecule has 13 heteroatoms. The van der Waals surface area contributed by atoms with Gasteiger partial charge < -0.3 is 9.84 Å². The zero-order valence-electron chi connectivity index (χ0n) is 46.0. The number of fused-ring (bicyclic) bond motifs is 8. The molecule has 0 saturated carbocycles. The summed E-state index contributed by atoms with van der Waals surface area (Å²) in [7, 11) is 0. The summed E-state index contributed by atoms with van der Waals surface area (Å²) in [6.07, 6.45) is 0. The monoisotopic (exact) mass is 1120 g/mol. The highest BCUT2D eigenvalue weighted by Gasteiger charge is 2.70. The van der Waals surface area contributed by atoms with E-state index in [4.69, 9.17) is 35.1 Å². The van der Waals surface area contributed by atoms with Crippen LogP contribution in [0.2, 0.25) is 0 Å². The quantitative estimate of drug-likeness (QED) is 0.0359. The Hall–Kier alpha value is -9.83. The number of cyclic esters (lactones) is 1. The standard InChI is InChI=1S/C74H27N3O10/c1-70(2,3)84-86-73-58-50-40-30-21-16-14-13-15-17(16)26-31-27-18(15)22-23-19(13)28-29-20(14)24-25(21)36(40)45-46-35(24)39(29)49-48-38(28)34(23)44-43-33(22)37(27)47-51-41(31)42(32(26)30)52(50)62(73)61(51)72(82,63-64(73)68(80)83-67(63)76-12-10-8-7-9-11-12)57(47)53(43)65(78)55(44)59(48)74(69(81)77-75,87-85-71(4,5)6)60(49)56(46)66(79)54(45)58/h7-11,82H,75H2,1-6H3,(H,77,81)/t72-,73+,74+/m1/s1. The van der Waals surface area contributed by atoms with Crippen LogP contribution in [0.15, 0.2) is 56.1 Å². The van der Waals surface area contributed by atoms with Crippen molar-refractivity contribution in [1.29, 1.82) is 0 Å². The number of benzene rings is 16. The van der Waals surface area contributed by atoms with Crippen LogP contribution in [-0.2, 0) is 50.7 Å². The number of amides is 1. The molecule has 0 bridgehead atoms. The van der Waals surface area contributed by atoms with Crippen LogP contribution in [0.4, 0.5) is 5.69 Å². The lowest BCUT2D eigenvalue weighted by molar-refractivity contribution is -0.390. The minimum Gasteiger partial charge on any atom is -0.403 e. The van der Waals surface area contributed by atoms with Crippen molar-refractivity contribution in [3.8, 4) is 0 Å². The summed E-state index contributed by atoms with van der Waals surface area (Å²) in [6.45, 7) is 11.1. The Morgan fingerprint density at radius 1 is 0.425 bits per heavy atom. The highest BCUT2D eigenvalue weighted by molar-refractivity contribution is 6.78. The molecule has 24 aromatic rings. The van der Waals surface area contributed by atoms with Crippen molar-refractivity contribution >= 4 is 260 Å². The van der Waals surface area contributed by atoms with E-state index in [-0.39, 0.29) is 44.3 Å². The van der Waals surface area contributed by atoms with E-state index in [9.17, 15) is 0 Å². The lowest BCUT2D eigenvalue weighted by atomic mass is 9.65. The van der Waals surface area contributed by atoms with Crippen molar-refractivity contribution in [2.45, 2.75) is 69.5 Å². The van der Waals surface area contributed by atoms with Crippen molar-refractivity contribution in [2.24, 2.45) is 10.8 Å². The van der Waals surface area contributed by atoms with Crippen LogP contribution in [0.5, 0.6) is 0 Å². The van der Waals surface area contributed by atoms with Gasteiger partial charge in [0.1, 0.15) is 5.60 Å². The van der Waals surface area contributed by atoms with Crippen LogP contribution >= 0.6 is 0 Å². The first-order valence-corrected chi connectivity index (χ1v) is 30.0. The van der Waals surface area contributed by atoms with Gasteiger partial charge in [0.25, 0.3) is 5.91 Å². The molecule has 0 unspecified atom stereocenters. The molecule has 87 heavy (non-hydrogen) atoms. The average molecular weight is 1120 g/mol. The van der Waals surface area contributed by atoms with E-state index in [1.54, 1.807) is 0 Å². The Bertz CT molecular complexity index is 7780. The molecule has 0 aromatic heterocycles. The third-order valence-electron chi connectivity index (χ3n) is 24.4. The second-order valence-corrected chi connectivity index (χ2v) is 29.4. The van der Waals surface area contributed by atoms with Gasteiger partial charge in [-0.05, 0) is 204 Å². The fourth-order valence-electron chi connectivity index (χ4n) is 23.1. The molecular formula is C74H27N3O10. The number of esters is 1. The molecular weight excluding hydrogens is 1090 g/mol. The summed E-state index contributed by atoms with van der Waals surface area (Å²) >= 11 is 0. The summed E-state index contributed by atoms with van der Waals surface area (Å²) in [6, 6.07) is 9.21. The number of aliphatic imine (C=N–C) groups is 1. The Balaban J connectivity index is 1.08. The zero-order chi connectivity index (χ0) is 56.5. The third kappa shape index (κ3) is 2.84. The highest BCUT2D eigenvalue weighted by Crippen LogP contribution is 2.80. The van der Waals surface area contributed by atoms with E-state index in [0.29, 0.717) is 65.6 Å². The molecule has 4 N–H and O–H groups in total. The van der Waals surface area contributed by atoms with Gasteiger partial charge in [-0.3, -0.25) is 19.8 Å². The molecule has 1 heterocycles. The van der Waals surface area contributed by atoms with Crippen molar-refractivity contribution in [3.05, 3.63) is 95.3 Å². The summed E-state index contributed by atoms with van der Waals surface area (Å²) in [4.78, 5) is 102. The summed E-state index contributed by atoms with van der Waals surface area (Å²) in [5.74, 6) is 4.83. The first kappa shape index (κ1) is 40.5. The zero-order valence-corrected chi connectivity index (χ0v) is 46.0. The van der Waals surface area contributed by atoms with Crippen LogP contribution in [0.25, 0.3) is 237 Å². The topological polar surface area (TPSA) is 185 Å². The maximum Gasteiger partial charge on any atom is 0.345 e. The molecule has 1 amide bonds. The molecule has 24 aromatic carbocycles. The van der Waals surface area contributed by atoms with Crippen LogP contribution in [0.1, 0.15) is 74.9 Å². The van der Waals surface area contributed by atoms with Gasteiger partial charge in [0.15, 0.2) is 16.5 Å². The first-order chi connectivity index (χ1) is 42.1. The highest BCUT2D eigenvalue weighted by atomic mass is 17.2. The number of carbonyl (C=O) groups excluding carboxylic acids is 2. The van der Waals surface area contributed by atoms with Crippen LogP contribution < -0.4 is 22.1 Å². The Labute approximate surface area is 478 Å². The smallest absolute Gasteiger partial charge is 0.345 e. The summed E-state index contributed by atoms with van der Waals surface area (Å²) in [5, 5.41) is 56.3. The molecule has 0 spiro atoms. The van der Waals surface area contributed by atoms with E-state index in [0.717, 1.165) is 140 Å². The normalized spacial score (nSPS) is 22.8. The van der Waals surface area contributed by atoms with Gasteiger partial charge in [0.2, 0.25) is 11.5 Å². The first-order valence-electron chi connectivity index (χ1n) is 30.0. The van der Waals surface area contributed by atoms with Gasteiger partial charge in [-0.25, -0.2) is 35.2 Å². The molecule has 0 saturated heterocycles. The number of hydrazine groups is 1. The Kier molecular flexibility index (Phi) is 4.71. The minimum atomic E-state index is -2.41. The summed E-state index contributed by atoms with van der Waals surface area (Å²) in [5.41, 5.74) is -4.68. The number of ether oxygens (including phenoxy) is 1. The van der Waals surface area contributed by atoms with Crippen molar-refractivity contribution in [3.63, 3.8) is 0 Å². The maximum absolute atomic E-state index is 18.0. The lowest BCUT2D eigenvalue weighted by Gasteiger charge is -2.42. The van der Waals surface area contributed by atoms with E-state index in [2.05, 4.69) is 5.43 Å². The maximum atomic E-state index is 18.0. The Morgan fingerprint density at radius 3 is 1.15 bits per heavy atom. The second-order valence-electron chi connectivity index (χ2n) is 29.4. The molecule has 0 fully saturated rings. The number of carbonyl (C=O) groups is 2. The lowest BCUT2D eigenvalue weighted by Crippen LogP contribution is -2.50. The fourth-order valence-corrected chi connectivity index (χ4v) is 23.1. The molecule has 0 radical (unpaired) electrons. The van der Waals surface area contributed by atoms with E-state index in [1.165, 1.54) is 43.1 Å². The molecule has 1 aliphatic heterocycles. The van der Waals surface area contributed by atoms with Crippen LogP contribution in [0.3, 0.4) is 0 Å². The van der Waals surface area contributed by atoms with E-state index < -0.39 is 50.7 Å². The van der Waals surface area contributed by atoms with Gasteiger partial charge in [-0.2, -0.15) is 0 Å². The molecule has 13 nitrogen and oxygen atoms in total. The number of nitrogens with two attached hydrogens (primary N) is 1. The average Bonchev–Trinajstić information content (AvgIpc) is 1.40. The van der Waals surface area contributed by atoms with Crippen molar-refractivity contribution in [1.82, 2.24) is 5.43 Å². The van der Waals surface area contributed by atoms with E-state index in [1.807, 2.05) is 71.9 Å². The molecule has 398 valence electrons. The predicted octanol–water partition coefficient (Wildman–Crippen LogP) is 14.2. The number of hydrogen-bond acceptors (Lipinski definition) is 12. The van der Waals surface area contributed by atoms with Gasteiger partial charge in [-0.15, -0.1) is 0 Å². The second kappa shape index (κ2) is 10.1. The van der Waals surface area contributed by atoms with Crippen molar-refractivity contribution < 1.29 is 39.0 Å². The van der Waals surface area contributed by atoms with Crippen LogP contribution in [0, 0.1) is 0 Å². The molecule has 4 aliphatic carbocycles. The largest absolute Gasteiger partial charge is 0.403 e. The number of nitrogens with one attached hydrogen (secondary N) is 1. The van der Waals surface area contributed by atoms with Gasteiger partial charge in [0, 0.05) is 120 Å².